The van der Waals surface area contributed by atoms with Gasteiger partial charge in [0.1, 0.15) is 23.7 Å². The number of hydrogen-bond acceptors (Lipinski definition) is 5. The Morgan fingerprint density at radius 2 is 2.05 bits per heavy atom. The molecule has 2 aromatic carbocycles. The van der Waals surface area contributed by atoms with Crippen LogP contribution in [0.25, 0.3) is 10.9 Å². The second kappa shape index (κ2) is 9.63. The molecule has 4 N–H and O–H groups in total. The van der Waals surface area contributed by atoms with Gasteiger partial charge in [0.05, 0.1) is 16.2 Å². The van der Waals surface area contributed by atoms with E-state index in [9.17, 15) is 18.8 Å². The summed E-state index contributed by atoms with van der Waals surface area (Å²) < 4.78 is 20.7. The van der Waals surface area contributed by atoms with E-state index < -0.39 is 29.8 Å². The number of nitrogens with one attached hydrogen (secondary N) is 2. The van der Waals surface area contributed by atoms with E-state index in [1.54, 1.807) is 24.3 Å². The van der Waals surface area contributed by atoms with Gasteiger partial charge in [0, 0.05) is 29.7 Å². The van der Waals surface area contributed by atoms with Gasteiger partial charge in [0.25, 0.3) is 0 Å². The predicted molar refractivity (Wildman–Crippen MR) is 132 cm³/mol. The van der Waals surface area contributed by atoms with Crippen LogP contribution in [0, 0.1) is 23.1 Å². The Labute approximate surface area is 215 Å². The second-order valence-electron chi connectivity index (χ2n) is 8.96. The molecule has 0 radical (unpaired) electrons. The molecule has 37 heavy (non-hydrogen) atoms. The number of nitrogens with zero attached hydrogens (tertiary/aromatic N) is 3. The largest absolute Gasteiger partial charge is 0.479 e. The average Bonchev–Trinajstić information content (AvgIpc) is 3.39. The highest BCUT2D eigenvalue weighted by atomic mass is 35.5. The van der Waals surface area contributed by atoms with Crippen molar-refractivity contribution in [2.24, 2.45) is 11.7 Å². The number of anilines is 1. The van der Waals surface area contributed by atoms with Crippen LogP contribution in [0.15, 0.2) is 42.6 Å². The molecule has 2 aliphatic rings. The molecule has 1 saturated heterocycles. The van der Waals surface area contributed by atoms with Crippen LogP contribution < -0.4 is 21.1 Å². The van der Waals surface area contributed by atoms with Crippen LogP contribution in [-0.4, -0.2) is 46.1 Å². The van der Waals surface area contributed by atoms with E-state index in [1.807, 2.05) is 6.07 Å². The molecule has 1 saturated carbocycles. The fourth-order valence-electron chi connectivity index (χ4n) is 4.84. The molecule has 10 nitrogen and oxygen atoms in total. The Balaban J connectivity index is 1.35. The molecule has 2 heterocycles. The van der Waals surface area contributed by atoms with Gasteiger partial charge >= 0.3 is 12.1 Å². The number of nitriles is 1. The van der Waals surface area contributed by atoms with Gasteiger partial charge in [-0.15, -0.1) is 0 Å². The number of nitrogens with two attached hydrogens (primary N) is 1. The van der Waals surface area contributed by atoms with Crippen LogP contribution in [0.5, 0.6) is 5.75 Å². The lowest BCUT2D eigenvalue weighted by Crippen LogP contribution is -2.49. The zero-order valence-electron chi connectivity index (χ0n) is 19.4. The molecule has 1 unspecified atom stereocenters. The van der Waals surface area contributed by atoms with Gasteiger partial charge in [-0.2, -0.15) is 5.26 Å². The number of amides is 4. The molecular weight excluding hydrogens is 503 g/mol. The fourth-order valence-corrected chi connectivity index (χ4v) is 5.04. The average molecular weight is 525 g/mol. The van der Waals surface area contributed by atoms with Gasteiger partial charge in [-0.1, -0.05) is 23.7 Å². The zero-order chi connectivity index (χ0) is 26.3. The van der Waals surface area contributed by atoms with Gasteiger partial charge in [0.15, 0.2) is 6.61 Å². The van der Waals surface area contributed by atoms with Crippen molar-refractivity contribution in [3.05, 3.63) is 59.0 Å². The SMILES string of the molecule is N#CCOc1ccc2c(c1)c(NC(=O)N1C3C[C@@H]3C[C@H]1C(=O)NCc1cccc(Cl)c1F)cn2C(N)=O. The summed E-state index contributed by atoms with van der Waals surface area (Å²) in [6.45, 7) is -0.236. The molecule has 0 bridgehead atoms. The van der Waals surface area contributed by atoms with Crippen LogP contribution in [0.4, 0.5) is 19.7 Å². The number of aromatic nitrogens is 1. The van der Waals surface area contributed by atoms with Gasteiger partial charge in [0.2, 0.25) is 5.91 Å². The highest BCUT2D eigenvalue weighted by molar-refractivity contribution is 6.30. The van der Waals surface area contributed by atoms with E-state index in [1.165, 1.54) is 27.8 Å². The molecule has 0 spiro atoms. The maximum absolute atomic E-state index is 14.2. The van der Waals surface area contributed by atoms with Crippen LogP contribution in [0.3, 0.4) is 0 Å². The van der Waals surface area contributed by atoms with Crippen molar-refractivity contribution in [2.45, 2.75) is 31.5 Å². The minimum absolute atomic E-state index is 0.0360. The first kappa shape index (κ1) is 24.4. The molecular formula is C25H22ClFN6O4. The molecule has 190 valence electrons. The van der Waals surface area contributed by atoms with Crippen LogP contribution in [0.2, 0.25) is 5.02 Å². The van der Waals surface area contributed by atoms with Crippen molar-refractivity contribution in [2.75, 3.05) is 11.9 Å². The number of likely N-dealkylation sites (tertiary alicyclic amines) is 1. The zero-order valence-corrected chi connectivity index (χ0v) is 20.2. The van der Waals surface area contributed by atoms with E-state index in [4.69, 9.17) is 27.3 Å². The monoisotopic (exact) mass is 524 g/mol. The summed E-state index contributed by atoms with van der Waals surface area (Å²) in [6.07, 6.45) is 2.68. The number of piperidine rings is 1. The lowest BCUT2D eigenvalue weighted by Gasteiger charge is -2.27. The minimum Gasteiger partial charge on any atom is -0.479 e. The molecule has 1 aliphatic carbocycles. The Kier molecular flexibility index (Phi) is 6.35. The summed E-state index contributed by atoms with van der Waals surface area (Å²) in [5.74, 6) is -0.408. The van der Waals surface area contributed by atoms with Crippen molar-refractivity contribution in [3.8, 4) is 11.8 Å². The van der Waals surface area contributed by atoms with E-state index in [0.29, 0.717) is 28.8 Å². The Morgan fingerprint density at radius 1 is 1.24 bits per heavy atom. The standard InChI is InChI=1S/C25H22ClFN6O4/c26-17-3-1-2-13(22(17)27)11-30-23(34)21-9-14-8-20(14)33(21)25(36)31-18-12-32(24(29)35)19-5-4-15(10-16(18)19)37-7-6-28/h1-5,10,12,14,20-21H,7-9,11H2,(H2,29,35)(H,30,34)(H,31,36)/t14-,20?,21+/m1/s1. The third-order valence-electron chi connectivity index (χ3n) is 6.68. The number of ether oxygens (including phenoxy) is 1. The lowest BCUT2D eigenvalue weighted by atomic mass is 10.1. The summed E-state index contributed by atoms with van der Waals surface area (Å²) in [7, 11) is 0. The van der Waals surface area contributed by atoms with Gasteiger partial charge in [-0.25, -0.2) is 14.0 Å². The lowest BCUT2D eigenvalue weighted by molar-refractivity contribution is -0.125. The number of carbonyl (C=O) groups is 3. The van der Waals surface area contributed by atoms with E-state index in [2.05, 4.69) is 10.6 Å². The normalized spacial score (nSPS) is 19.7. The van der Waals surface area contributed by atoms with Gasteiger partial charge in [-0.3, -0.25) is 9.36 Å². The quantitative estimate of drug-likeness (QED) is 0.452. The number of fused-ring (bicyclic) bond motifs is 2. The summed E-state index contributed by atoms with van der Waals surface area (Å²) in [6, 6.07) is 9.13. The van der Waals surface area contributed by atoms with Crippen molar-refractivity contribution in [1.29, 1.82) is 5.26 Å². The first-order chi connectivity index (χ1) is 17.8. The van der Waals surface area contributed by atoms with Gasteiger partial charge in [-0.05, 0) is 43.0 Å². The Morgan fingerprint density at radius 3 is 2.81 bits per heavy atom. The molecule has 1 aliphatic heterocycles. The summed E-state index contributed by atoms with van der Waals surface area (Å²) in [5.41, 5.74) is 6.48. The van der Waals surface area contributed by atoms with Crippen molar-refractivity contribution < 1.29 is 23.5 Å². The summed E-state index contributed by atoms with van der Waals surface area (Å²) in [4.78, 5) is 39.8. The number of benzene rings is 2. The topological polar surface area (TPSA) is 142 Å². The number of hydrogen-bond donors (Lipinski definition) is 3. The number of carbonyl (C=O) groups excluding carboxylic acids is 3. The highest BCUT2D eigenvalue weighted by Gasteiger charge is 2.56. The molecule has 3 aromatic rings. The molecule has 1 aromatic heterocycles. The van der Waals surface area contributed by atoms with Gasteiger partial charge < -0.3 is 26.0 Å². The first-order valence-electron chi connectivity index (χ1n) is 11.5. The summed E-state index contributed by atoms with van der Waals surface area (Å²) >= 11 is 5.82. The smallest absolute Gasteiger partial charge is 0.323 e. The van der Waals surface area contributed by atoms with E-state index in [0.717, 1.165) is 6.42 Å². The molecule has 2 fully saturated rings. The number of rotatable bonds is 6. The molecule has 4 amide bonds. The van der Waals surface area contributed by atoms with Crippen LogP contribution in [0.1, 0.15) is 18.4 Å². The van der Waals surface area contributed by atoms with E-state index >= 15 is 0 Å². The molecule has 5 rings (SSSR count). The maximum Gasteiger partial charge on any atom is 0.323 e. The number of halogens is 2. The predicted octanol–water partition coefficient (Wildman–Crippen LogP) is 3.57. The second-order valence-corrected chi connectivity index (χ2v) is 9.37. The minimum atomic E-state index is -0.745. The van der Waals surface area contributed by atoms with E-state index in [-0.39, 0.29) is 35.7 Å². The number of primary amides is 1. The third-order valence-corrected chi connectivity index (χ3v) is 6.98. The van der Waals surface area contributed by atoms with Crippen LogP contribution >= 0.6 is 11.6 Å². The molecule has 12 heteroatoms. The maximum atomic E-state index is 14.2. The first-order valence-corrected chi connectivity index (χ1v) is 11.9. The molecule has 3 atom stereocenters. The Bertz CT molecular complexity index is 1470. The highest BCUT2D eigenvalue weighted by Crippen LogP contribution is 2.48. The number of urea groups is 1. The van der Waals surface area contributed by atoms with Crippen molar-refractivity contribution >= 4 is 46.2 Å². The van der Waals surface area contributed by atoms with Crippen LogP contribution in [-0.2, 0) is 11.3 Å². The Hall–Kier alpha value is -4.30. The van der Waals surface area contributed by atoms with Crippen molar-refractivity contribution in [1.82, 2.24) is 14.8 Å². The third kappa shape index (κ3) is 4.63. The fraction of sp³-hybridized carbons (Fsp3) is 0.280. The summed E-state index contributed by atoms with van der Waals surface area (Å²) in [5, 5.41) is 14.7. The van der Waals surface area contributed by atoms with Crippen molar-refractivity contribution in [3.63, 3.8) is 0 Å².